The summed E-state index contributed by atoms with van der Waals surface area (Å²) in [7, 11) is 0. The molecule has 0 aliphatic heterocycles. The van der Waals surface area contributed by atoms with Crippen molar-refractivity contribution < 1.29 is 9.47 Å². The van der Waals surface area contributed by atoms with Crippen LogP contribution in [-0.4, -0.2) is 19.8 Å². The predicted octanol–water partition coefficient (Wildman–Crippen LogP) is 4.00. The third-order valence-electron chi connectivity index (χ3n) is 2.50. The minimum atomic E-state index is 0.620. The summed E-state index contributed by atoms with van der Waals surface area (Å²) in [6.45, 7) is 8.36. The SMILES string of the molecule is CCCOCCOc1c(C)cc(CBr)cc1C. The van der Waals surface area contributed by atoms with Crippen LogP contribution in [0.3, 0.4) is 0 Å². The van der Waals surface area contributed by atoms with Crippen LogP contribution >= 0.6 is 15.9 Å². The van der Waals surface area contributed by atoms with Crippen LogP contribution in [0.5, 0.6) is 5.75 Å². The molecule has 1 rings (SSSR count). The lowest BCUT2D eigenvalue weighted by molar-refractivity contribution is 0.100. The van der Waals surface area contributed by atoms with Gasteiger partial charge in [0.25, 0.3) is 0 Å². The van der Waals surface area contributed by atoms with Gasteiger partial charge in [-0.2, -0.15) is 0 Å². The minimum Gasteiger partial charge on any atom is -0.491 e. The number of hydrogen-bond acceptors (Lipinski definition) is 2. The van der Waals surface area contributed by atoms with E-state index < -0.39 is 0 Å². The Morgan fingerprint density at radius 1 is 1.06 bits per heavy atom. The summed E-state index contributed by atoms with van der Waals surface area (Å²) in [5.41, 5.74) is 3.67. The van der Waals surface area contributed by atoms with Gasteiger partial charge in [0.05, 0.1) is 6.61 Å². The molecule has 0 unspecified atom stereocenters. The molecule has 1 aromatic carbocycles. The third kappa shape index (κ3) is 4.68. The van der Waals surface area contributed by atoms with E-state index in [4.69, 9.17) is 9.47 Å². The normalized spacial score (nSPS) is 10.6. The summed E-state index contributed by atoms with van der Waals surface area (Å²) in [5.74, 6) is 0.995. The van der Waals surface area contributed by atoms with E-state index in [1.807, 2.05) is 0 Å². The summed E-state index contributed by atoms with van der Waals surface area (Å²) < 4.78 is 11.2. The quantitative estimate of drug-likeness (QED) is 0.560. The van der Waals surface area contributed by atoms with E-state index in [1.54, 1.807) is 0 Å². The van der Waals surface area contributed by atoms with Crippen LogP contribution < -0.4 is 4.74 Å². The zero-order valence-corrected chi connectivity index (χ0v) is 12.5. The Hall–Kier alpha value is -0.540. The fourth-order valence-electron chi connectivity index (χ4n) is 1.79. The Bertz CT molecular complexity index is 327. The van der Waals surface area contributed by atoms with E-state index in [1.165, 1.54) is 16.7 Å². The number of aryl methyl sites for hydroxylation is 2. The molecule has 0 bridgehead atoms. The topological polar surface area (TPSA) is 18.5 Å². The molecule has 0 saturated heterocycles. The van der Waals surface area contributed by atoms with Gasteiger partial charge in [-0.3, -0.25) is 0 Å². The highest BCUT2D eigenvalue weighted by Crippen LogP contribution is 2.25. The summed E-state index contributed by atoms with van der Waals surface area (Å²) in [6, 6.07) is 4.31. The lowest BCUT2D eigenvalue weighted by Gasteiger charge is -2.13. The fraction of sp³-hybridized carbons (Fsp3) is 0.571. The van der Waals surface area contributed by atoms with Crippen molar-refractivity contribution in [1.29, 1.82) is 0 Å². The highest BCUT2D eigenvalue weighted by atomic mass is 79.9. The Kier molecular flexibility index (Phi) is 6.60. The largest absolute Gasteiger partial charge is 0.491 e. The van der Waals surface area contributed by atoms with Crippen LogP contribution in [-0.2, 0) is 10.1 Å². The van der Waals surface area contributed by atoms with E-state index >= 15 is 0 Å². The van der Waals surface area contributed by atoms with E-state index in [2.05, 4.69) is 48.8 Å². The van der Waals surface area contributed by atoms with Crippen molar-refractivity contribution >= 4 is 15.9 Å². The molecule has 0 aliphatic rings. The molecule has 0 fully saturated rings. The molecule has 0 atom stereocenters. The van der Waals surface area contributed by atoms with Gasteiger partial charge >= 0.3 is 0 Å². The van der Waals surface area contributed by atoms with Crippen molar-refractivity contribution in [3.63, 3.8) is 0 Å². The molecule has 17 heavy (non-hydrogen) atoms. The molecule has 0 N–H and O–H groups in total. The van der Waals surface area contributed by atoms with Crippen molar-refractivity contribution in [1.82, 2.24) is 0 Å². The van der Waals surface area contributed by atoms with Crippen LogP contribution in [0.25, 0.3) is 0 Å². The first-order valence-electron chi connectivity index (χ1n) is 6.05. The van der Waals surface area contributed by atoms with Gasteiger partial charge in [0.2, 0.25) is 0 Å². The van der Waals surface area contributed by atoms with Crippen molar-refractivity contribution in [2.45, 2.75) is 32.5 Å². The van der Waals surface area contributed by atoms with Crippen LogP contribution in [0.1, 0.15) is 30.0 Å². The van der Waals surface area contributed by atoms with Gasteiger partial charge in [0.15, 0.2) is 0 Å². The molecular weight excluding hydrogens is 280 g/mol. The van der Waals surface area contributed by atoms with Gasteiger partial charge < -0.3 is 9.47 Å². The first-order chi connectivity index (χ1) is 8.19. The van der Waals surface area contributed by atoms with Crippen LogP contribution in [0.4, 0.5) is 0 Å². The van der Waals surface area contributed by atoms with Crippen molar-refractivity contribution in [2.24, 2.45) is 0 Å². The maximum atomic E-state index is 5.77. The second-order valence-corrected chi connectivity index (χ2v) is 4.71. The Morgan fingerprint density at radius 2 is 1.71 bits per heavy atom. The average molecular weight is 301 g/mol. The highest BCUT2D eigenvalue weighted by molar-refractivity contribution is 9.08. The zero-order valence-electron chi connectivity index (χ0n) is 10.9. The number of alkyl halides is 1. The molecular formula is C14H21BrO2. The first-order valence-corrected chi connectivity index (χ1v) is 7.17. The molecule has 0 heterocycles. The Balaban J connectivity index is 2.53. The second-order valence-electron chi connectivity index (χ2n) is 4.15. The fourth-order valence-corrected chi connectivity index (χ4v) is 2.12. The molecule has 96 valence electrons. The molecule has 0 aliphatic carbocycles. The highest BCUT2D eigenvalue weighted by Gasteiger charge is 2.05. The number of rotatable bonds is 7. The van der Waals surface area contributed by atoms with E-state index in [-0.39, 0.29) is 0 Å². The van der Waals surface area contributed by atoms with Crippen molar-refractivity contribution in [3.05, 3.63) is 28.8 Å². The number of benzene rings is 1. The number of ether oxygens (including phenoxy) is 2. The molecule has 0 radical (unpaired) electrons. The second kappa shape index (κ2) is 7.72. The van der Waals surface area contributed by atoms with Gasteiger partial charge in [-0.15, -0.1) is 0 Å². The molecule has 0 spiro atoms. The lowest BCUT2D eigenvalue weighted by Crippen LogP contribution is -2.08. The zero-order chi connectivity index (χ0) is 12.7. The lowest BCUT2D eigenvalue weighted by atomic mass is 10.1. The predicted molar refractivity (Wildman–Crippen MR) is 75.2 cm³/mol. The summed E-state index contributed by atoms with van der Waals surface area (Å²) in [4.78, 5) is 0. The van der Waals surface area contributed by atoms with E-state index in [0.29, 0.717) is 13.2 Å². The van der Waals surface area contributed by atoms with E-state index in [9.17, 15) is 0 Å². The van der Waals surface area contributed by atoms with E-state index in [0.717, 1.165) is 24.1 Å². The monoisotopic (exact) mass is 300 g/mol. The summed E-state index contributed by atoms with van der Waals surface area (Å²) in [6.07, 6.45) is 1.05. The van der Waals surface area contributed by atoms with Crippen molar-refractivity contribution in [2.75, 3.05) is 19.8 Å². The van der Waals surface area contributed by atoms with Gasteiger partial charge in [-0.1, -0.05) is 35.0 Å². The Labute approximate surface area is 112 Å². The van der Waals surface area contributed by atoms with Gasteiger partial charge in [0, 0.05) is 11.9 Å². The van der Waals surface area contributed by atoms with Crippen LogP contribution in [0.15, 0.2) is 12.1 Å². The minimum absolute atomic E-state index is 0.620. The molecule has 0 aromatic heterocycles. The van der Waals surface area contributed by atoms with Crippen molar-refractivity contribution in [3.8, 4) is 5.75 Å². The molecule has 0 amide bonds. The summed E-state index contributed by atoms with van der Waals surface area (Å²) in [5, 5.41) is 0.884. The summed E-state index contributed by atoms with van der Waals surface area (Å²) >= 11 is 3.47. The maximum absolute atomic E-state index is 5.77. The molecule has 0 saturated carbocycles. The number of hydrogen-bond donors (Lipinski definition) is 0. The van der Waals surface area contributed by atoms with Gasteiger partial charge in [0.1, 0.15) is 12.4 Å². The van der Waals surface area contributed by atoms with Gasteiger partial charge in [-0.25, -0.2) is 0 Å². The maximum Gasteiger partial charge on any atom is 0.125 e. The Morgan fingerprint density at radius 3 is 2.24 bits per heavy atom. The average Bonchev–Trinajstić information content (AvgIpc) is 2.31. The standard InChI is InChI=1S/C14H21BrO2/c1-4-5-16-6-7-17-14-11(2)8-13(10-15)9-12(14)3/h8-9H,4-7,10H2,1-3H3. The molecule has 2 nitrogen and oxygen atoms in total. The van der Waals surface area contributed by atoms with Crippen LogP contribution in [0, 0.1) is 13.8 Å². The molecule has 3 heteroatoms. The van der Waals surface area contributed by atoms with Gasteiger partial charge in [-0.05, 0) is 37.0 Å². The molecule has 1 aromatic rings. The number of halogens is 1. The first kappa shape index (κ1) is 14.5. The third-order valence-corrected chi connectivity index (χ3v) is 3.14. The smallest absolute Gasteiger partial charge is 0.125 e. The van der Waals surface area contributed by atoms with Crippen LogP contribution in [0.2, 0.25) is 0 Å².